The van der Waals surface area contributed by atoms with E-state index in [0.29, 0.717) is 23.7 Å². The summed E-state index contributed by atoms with van der Waals surface area (Å²) in [7, 11) is 1.51. The van der Waals surface area contributed by atoms with Gasteiger partial charge in [0.1, 0.15) is 16.7 Å². The fraction of sp³-hybridized carbons (Fsp3) is 0.286. The lowest BCUT2D eigenvalue weighted by Crippen LogP contribution is -2.45. The number of pyridine rings is 1. The fourth-order valence-corrected chi connectivity index (χ4v) is 2.51. The quantitative estimate of drug-likeness (QED) is 0.785. The second-order valence-corrected chi connectivity index (χ2v) is 5.32. The number of primary amides is 1. The van der Waals surface area contributed by atoms with E-state index < -0.39 is 17.9 Å². The summed E-state index contributed by atoms with van der Waals surface area (Å²) in [5, 5.41) is 4.82. The maximum atomic E-state index is 12.1. The molecule has 3 N–H and O–H groups in total. The Balaban J connectivity index is 2.06. The lowest BCUT2D eigenvalue weighted by Gasteiger charge is -2.13. The molecule has 7 nitrogen and oxygen atoms in total. The molecule has 0 bridgehead atoms. The van der Waals surface area contributed by atoms with Crippen molar-refractivity contribution < 1.29 is 14.3 Å². The summed E-state index contributed by atoms with van der Waals surface area (Å²) >= 11 is 1.31. The molecule has 0 aliphatic carbocycles. The Morgan fingerprint density at radius 1 is 1.45 bits per heavy atom. The number of carbonyl (C=O) groups excluding carboxylic acids is 2. The second kappa shape index (κ2) is 7.62. The van der Waals surface area contributed by atoms with Gasteiger partial charge >= 0.3 is 0 Å². The van der Waals surface area contributed by atoms with Gasteiger partial charge < -0.3 is 15.8 Å². The zero-order valence-corrected chi connectivity index (χ0v) is 12.8. The highest BCUT2D eigenvalue weighted by molar-refractivity contribution is 7.13. The van der Waals surface area contributed by atoms with Crippen molar-refractivity contribution in [1.29, 1.82) is 0 Å². The third-order valence-electron chi connectivity index (χ3n) is 2.88. The lowest BCUT2D eigenvalue weighted by molar-refractivity contribution is -0.120. The van der Waals surface area contributed by atoms with E-state index in [-0.39, 0.29) is 5.69 Å². The summed E-state index contributed by atoms with van der Waals surface area (Å²) in [5.74, 6) is -1.05. The van der Waals surface area contributed by atoms with E-state index in [1.807, 2.05) is 12.1 Å². The predicted octanol–water partition coefficient (Wildman–Crippen LogP) is 0.825. The van der Waals surface area contributed by atoms with E-state index in [1.54, 1.807) is 17.6 Å². The highest BCUT2D eigenvalue weighted by Crippen LogP contribution is 2.21. The number of nitrogens with zero attached hydrogens (tertiary/aromatic N) is 2. The summed E-state index contributed by atoms with van der Waals surface area (Å²) in [4.78, 5) is 31.9. The fourth-order valence-electron chi connectivity index (χ4n) is 1.74. The van der Waals surface area contributed by atoms with E-state index in [0.717, 1.165) is 0 Å². The molecule has 0 spiro atoms. The molecule has 22 heavy (non-hydrogen) atoms. The normalized spacial score (nSPS) is 11.9. The zero-order valence-electron chi connectivity index (χ0n) is 12.0. The first kappa shape index (κ1) is 16.1. The number of methoxy groups -OCH3 is 1. The molecule has 0 unspecified atom stereocenters. The van der Waals surface area contributed by atoms with E-state index in [4.69, 9.17) is 10.5 Å². The summed E-state index contributed by atoms with van der Waals surface area (Å²) < 4.78 is 4.89. The van der Waals surface area contributed by atoms with Crippen LogP contribution in [0.5, 0.6) is 0 Å². The van der Waals surface area contributed by atoms with Crippen LogP contribution in [0.4, 0.5) is 0 Å². The van der Waals surface area contributed by atoms with Crippen molar-refractivity contribution in [3.05, 3.63) is 35.5 Å². The Hall–Kier alpha value is -2.32. The lowest BCUT2D eigenvalue weighted by atomic mass is 10.2. The minimum atomic E-state index is -0.785. The third-order valence-corrected chi connectivity index (χ3v) is 3.75. The number of carbonyl (C=O) groups is 2. The SMILES string of the molecule is COCC[C@H](NC(=O)c1csc(-c2ccccn2)n1)C(N)=O. The van der Waals surface area contributed by atoms with Crippen LogP contribution in [0.25, 0.3) is 10.7 Å². The van der Waals surface area contributed by atoms with E-state index in [9.17, 15) is 9.59 Å². The molecule has 2 aromatic heterocycles. The van der Waals surface area contributed by atoms with Gasteiger partial charge in [-0.05, 0) is 18.6 Å². The van der Waals surface area contributed by atoms with Crippen LogP contribution >= 0.6 is 11.3 Å². The smallest absolute Gasteiger partial charge is 0.271 e. The Morgan fingerprint density at radius 2 is 2.27 bits per heavy atom. The number of rotatable bonds is 7. The molecule has 0 fully saturated rings. The van der Waals surface area contributed by atoms with Crippen molar-refractivity contribution in [1.82, 2.24) is 15.3 Å². The molecule has 0 aromatic carbocycles. The molecule has 0 aliphatic heterocycles. The molecule has 2 rings (SSSR count). The highest BCUT2D eigenvalue weighted by Gasteiger charge is 2.20. The van der Waals surface area contributed by atoms with E-state index >= 15 is 0 Å². The van der Waals surface area contributed by atoms with Gasteiger partial charge in [0, 0.05) is 25.3 Å². The number of thiazole rings is 1. The maximum Gasteiger partial charge on any atom is 0.271 e. The van der Waals surface area contributed by atoms with Gasteiger partial charge in [-0.2, -0.15) is 0 Å². The standard InChI is InChI=1S/C14H16N4O3S/c1-21-7-5-9(12(15)19)17-13(20)11-8-22-14(18-11)10-4-2-3-6-16-10/h2-4,6,8-9H,5,7H2,1H3,(H2,15,19)(H,17,20)/t9-/m0/s1. The average molecular weight is 320 g/mol. The zero-order chi connectivity index (χ0) is 15.9. The summed E-state index contributed by atoms with van der Waals surface area (Å²) in [6, 6.07) is 4.67. The van der Waals surface area contributed by atoms with Crippen molar-refractivity contribution in [3.8, 4) is 10.7 Å². The van der Waals surface area contributed by atoms with Crippen LogP contribution in [0.15, 0.2) is 29.8 Å². The minimum absolute atomic E-state index is 0.231. The first-order valence-corrected chi connectivity index (χ1v) is 7.46. The molecule has 116 valence electrons. The van der Waals surface area contributed by atoms with Crippen molar-refractivity contribution in [2.75, 3.05) is 13.7 Å². The Morgan fingerprint density at radius 3 is 2.91 bits per heavy atom. The molecular formula is C14H16N4O3S. The summed E-state index contributed by atoms with van der Waals surface area (Å²) in [6.45, 7) is 0.324. The first-order valence-electron chi connectivity index (χ1n) is 6.58. The van der Waals surface area contributed by atoms with Gasteiger partial charge in [0.15, 0.2) is 0 Å². The van der Waals surface area contributed by atoms with Gasteiger partial charge in [0.2, 0.25) is 5.91 Å². The molecule has 0 saturated carbocycles. The molecule has 2 heterocycles. The van der Waals surface area contributed by atoms with Crippen molar-refractivity contribution in [2.24, 2.45) is 5.73 Å². The summed E-state index contributed by atoms with van der Waals surface area (Å²) in [6.07, 6.45) is 1.97. The number of ether oxygens (including phenoxy) is 1. The van der Waals surface area contributed by atoms with Crippen LogP contribution in [-0.4, -0.2) is 41.5 Å². The topological polar surface area (TPSA) is 107 Å². The van der Waals surface area contributed by atoms with Crippen LogP contribution in [-0.2, 0) is 9.53 Å². The third kappa shape index (κ3) is 4.09. The Labute approximate surface area is 131 Å². The Kier molecular flexibility index (Phi) is 5.56. The molecule has 2 amide bonds. The van der Waals surface area contributed by atoms with Gasteiger partial charge in [0.25, 0.3) is 5.91 Å². The number of nitrogens with one attached hydrogen (secondary N) is 1. The second-order valence-electron chi connectivity index (χ2n) is 4.46. The van der Waals surface area contributed by atoms with Gasteiger partial charge in [0.05, 0.1) is 5.69 Å². The van der Waals surface area contributed by atoms with E-state index in [2.05, 4.69) is 15.3 Å². The molecule has 1 atom stereocenters. The molecule has 0 radical (unpaired) electrons. The van der Waals surface area contributed by atoms with Gasteiger partial charge in [-0.25, -0.2) is 4.98 Å². The minimum Gasteiger partial charge on any atom is -0.385 e. The summed E-state index contributed by atoms with van der Waals surface area (Å²) in [5.41, 5.74) is 6.19. The molecule has 0 aliphatic rings. The van der Waals surface area contributed by atoms with Crippen LogP contribution < -0.4 is 11.1 Å². The highest BCUT2D eigenvalue weighted by atomic mass is 32.1. The molecule has 0 saturated heterocycles. The number of nitrogens with two attached hydrogens (primary N) is 1. The van der Waals surface area contributed by atoms with Crippen LogP contribution in [0.3, 0.4) is 0 Å². The van der Waals surface area contributed by atoms with Crippen LogP contribution in [0.1, 0.15) is 16.9 Å². The van der Waals surface area contributed by atoms with Crippen LogP contribution in [0, 0.1) is 0 Å². The largest absolute Gasteiger partial charge is 0.385 e. The Bertz CT molecular complexity index is 645. The van der Waals surface area contributed by atoms with E-state index in [1.165, 1.54) is 18.4 Å². The first-order chi connectivity index (χ1) is 10.6. The average Bonchev–Trinajstić information content (AvgIpc) is 3.02. The number of amides is 2. The van der Waals surface area contributed by atoms with Crippen LogP contribution in [0.2, 0.25) is 0 Å². The number of hydrogen-bond donors (Lipinski definition) is 2. The molecular weight excluding hydrogens is 304 g/mol. The van der Waals surface area contributed by atoms with Gasteiger partial charge in [-0.15, -0.1) is 11.3 Å². The number of hydrogen-bond acceptors (Lipinski definition) is 6. The predicted molar refractivity (Wildman–Crippen MR) is 82.3 cm³/mol. The van der Waals surface area contributed by atoms with Gasteiger partial charge in [-0.1, -0.05) is 6.07 Å². The van der Waals surface area contributed by atoms with Crippen molar-refractivity contribution >= 4 is 23.2 Å². The van der Waals surface area contributed by atoms with Gasteiger partial charge in [-0.3, -0.25) is 14.6 Å². The maximum absolute atomic E-state index is 12.1. The van der Waals surface area contributed by atoms with Crippen molar-refractivity contribution in [3.63, 3.8) is 0 Å². The molecule has 8 heteroatoms. The molecule has 2 aromatic rings. The monoisotopic (exact) mass is 320 g/mol. The number of aromatic nitrogens is 2. The van der Waals surface area contributed by atoms with Crippen molar-refractivity contribution in [2.45, 2.75) is 12.5 Å².